The molecule has 5 nitrogen and oxygen atoms in total. The lowest BCUT2D eigenvalue weighted by Crippen LogP contribution is -2.16. The van der Waals surface area contributed by atoms with Crippen molar-refractivity contribution in [2.24, 2.45) is 0 Å². The Morgan fingerprint density at radius 3 is 2.40 bits per heavy atom. The number of hydrogen-bond donors (Lipinski definition) is 2. The summed E-state index contributed by atoms with van der Waals surface area (Å²) >= 11 is 6.45. The molecule has 5 aromatic rings. The fraction of sp³-hybridized carbons (Fsp3) is 0.0714. The number of halogens is 1. The highest BCUT2D eigenvalue weighted by atomic mass is 35.5. The van der Waals surface area contributed by atoms with Crippen molar-refractivity contribution < 1.29 is 9.00 Å². The Balaban J connectivity index is 1.45. The van der Waals surface area contributed by atoms with E-state index in [0.717, 1.165) is 16.3 Å². The van der Waals surface area contributed by atoms with Crippen LogP contribution in [0.15, 0.2) is 102 Å². The van der Waals surface area contributed by atoms with Crippen LogP contribution >= 0.6 is 11.6 Å². The molecule has 0 fully saturated rings. The van der Waals surface area contributed by atoms with Gasteiger partial charge in [-0.3, -0.25) is 14.1 Å². The van der Waals surface area contributed by atoms with E-state index in [-0.39, 0.29) is 5.91 Å². The summed E-state index contributed by atoms with van der Waals surface area (Å²) in [7, 11) is -1.57. The summed E-state index contributed by atoms with van der Waals surface area (Å²) in [5.74, 6) is -0.321. The average molecular weight is 500 g/mol. The lowest BCUT2D eigenvalue weighted by Gasteiger charge is -2.16. The van der Waals surface area contributed by atoms with E-state index >= 15 is 0 Å². The van der Waals surface area contributed by atoms with Gasteiger partial charge in [0.1, 0.15) is 5.15 Å². The molecule has 0 aliphatic carbocycles. The van der Waals surface area contributed by atoms with Crippen molar-refractivity contribution in [1.29, 1.82) is 0 Å². The number of rotatable bonds is 6. The molecular formula is C28H22ClN3O2S. The van der Waals surface area contributed by atoms with Gasteiger partial charge in [-0.1, -0.05) is 84.4 Å². The van der Waals surface area contributed by atoms with Crippen LogP contribution in [0.2, 0.25) is 5.15 Å². The Kier molecular flexibility index (Phi) is 6.49. The number of amides is 1. The van der Waals surface area contributed by atoms with Gasteiger partial charge >= 0.3 is 0 Å². The first-order valence-electron chi connectivity index (χ1n) is 11.1. The Morgan fingerprint density at radius 2 is 1.60 bits per heavy atom. The van der Waals surface area contributed by atoms with Crippen molar-refractivity contribution >= 4 is 44.8 Å². The molecular weight excluding hydrogens is 478 g/mol. The molecule has 1 heterocycles. The Bertz CT molecular complexity index is 1550. The second kappa shape index (κ2) is 9.86. The second-order valence-electron chi connectivity index (χ2n) is 8.12. The number of H-pyrrole nitrogens is 1. The molecule has 4 aromatic carbocycles. The minimum absolute atomic E-state index is 0.321. The number of aromatic amines is 1. The highest BCUT2D eigenvalue weighted by Gasteiger charge is 2.27. The van der Waals surface area contributed by atoms with E-state index in [1.54, 1.807) is 24.3 Å². The van der Waals surface area contributed by atoms with Crippen LogP contribution in [0.1, 0.15) is 28.1 Å². The third-order valence-electron chi connectivity index (χ3n) is 5.89. The molecule has 0 radical (unpaired) electrons. The topological polar surface area (TPSA) is 74.8 Å². The van der Waals surface area contributed by atoms with Gasteiger partial charge in [0.2, 0.25) is 0 Å². The van der Waals surface area contributed by atoms with Crippen LogP contribution in [0.25, 0.3) is 22.0 Å². The summed E-state index contributed by atoms with van der Waals surface area (Å²) in [6, 6.07) is 30.2. The zero-order chi connectivity index (χ0) is 24.4. The SMILES string of the molecule is CC(c1c(-c2ccccc2)n[nH]c1Cl)S(=O)c1ccccc1C(=O)Nc1ccc2ccccc2c1. The van der Waals surface area contributed by atoms with Crippen LogP contribution < -0.4 is 5.32 Å². The molecule has 1 amide bonds. The number of fused-ring (bicyclic) bond motifs is 1. The highest BCUT2D eigenvalue weighted by molar-refractivity contribution is 7.85. The number of aromatic nitrogens is 2. The Morgan fingerprint density at radius 1 is 0.914 bits per heavy atom. The number of benzene rings is 4. The molecule has 0 aliphatic heterocycles. The predicted molar refractivity (Wildman–Crippen MR) is 142 cm³/mol. The summed E-state index contributed by atoms with van der Waals surface area (Å²) < 4.78 is 13.8. The third kappa shape index (κ3) is 4.63. The summed E-state index contributed by atoms with van der Waals surface area (Å²) in [6.07, 6.45) is 0. The fourth-order valence-electron chi connectivity index (χ4n) is 4.11. The van der Waals surface area contributed by atoms with Crippen molar-refractivity contribution in [2.45, 2.75) is 17.1 Å². The number of hydrogen-bond acceptors (Lipinski definition) is 3. The number of carbonyl (C=O) groups excluding carboxylic acids is 1. The molecule has 2 N–H and O–H groups in total. The van der Waals surface area contributed by atoms with E-state index in [9.17, 15) is 9.00 Å². The monoisotopic (exact) mass is 499 g/mol. The minimum atomic E-state index is -1.57. The summed E-state index contributed by atoms with van der Waals surface area (Å²) in [4.78, 5) is 13.7. The summed E-state index contributed by atoms with van der Waals surface area (Å²) in [5, 5.41) is 12.1. The molecule has 0 bridgehead atoms. The van der Waals surface area contributed by atoms with Gasteiger partial charge in [0.15, 0.2) is 0 Å². The van der Waals surface area contributed by atoms with Gasteiger partial charge in [0.25, 0.3) is 5.91 Å². The quantitative estimate of drug-likeness (QED) is 0.264. The lowest BCUT2D eigenvalue weighted by atomic mass is 10.1. The van der Waals surface area contributed by atoms with Gasteiger partial charge in [0.05, 0.1) is 32.2 Å². The van der Waals surface area contributed by atoms with Gasteiger partial charge in [-0.05, 0) is 42.0 Å². The predicted octanol–water partition coefficient (Wildman–Crippen LogP) is 7.00. The molecule has 7 heteroatoms. The maximum atomic E-state index is 13.8. The normalized spacial score (nSPS) is 12.9. The van der Waals surface area contributed by atoms with Gasteiger partial charge < -0.3 is 5.32 Å². The van der Waals surface area contributed by atoms with Gasteiger partial charge in [-0.15, -0.1) is 0 Å². The van der Waals surface area contributed by atoms with Crippen molar-refractivity contribution in [3.8, 4) is 11.3 Å². The maximum Gasteiger partial charge on any atom is 0.256 e. The van der Waals surface area contributed by atoms with E-state index in [4.69, 9.17) is 11.6 Å². The zero-order valence-corrected chi connectivity index (χ0v) is 20.4. The molecule has 0 spiro atoms. The van der Waals surface area contributed by atoms with E-state index in [2.05, 4.69) is 15.5 Å². The van der Waals surface area contributed by atoms with Gasteiger partial charge in [-0.25, -0.2) is 0 Å². The number of carbonyl (C=O) groups is 1. The summed E-state index contributed by atoms with van der Waals surface area (Å²) in [6.45, 7) is 1.83. The lowest BCUT2D eigenvalue weighted by molar-refractivity contribution is 0.102. The molecule has 35 heavy (non-hydrogen) atoms. The standard InChI is InChI=1S/C28H22ClN3O2S/c1-18(25-26(31-32-27(25)29)20-10-3-2-4-11-20)35(34)24-14-8-7-13-23(24)28(33)30-22-16-15-19-9-5-6-12-21(19)17-22/h2-18H,1H3,(H,30,33)(H,31,32). The van der Waals surface area contributed by atoms with Crippen LogP contribution in [-0.2, 0) is 10.8 Å². The van der Waals surface area contributed by atoms with Crippen molar-refractivity contribution in [2.75, 3.05) is 5.32 Å². The fourth-order valence-corrected chi connectivity index (χ4v) is 5.88. The van der Waals surface area contributed by atoms with Crippen molar-refractivity contribution in [1.82, 2.24) is 10.2 Å². The molecule has 0 saturated carbocycles. The highest BCUT2D eigenvalue weighted by Crippen LogP contribution is 2.37. The zero-order valence-electron chi connectivity index (χ0n) is 18.9. The Labute approximate surface area is 210 Å². The van der Waals surface area contributed by atoms with Crippen LogP contribution in [0.5, 0.6) is 0 Å². The first kappa shape index (κ1) is 23.0. The second-order valence-corrected chi connectivity index (χ2v) is 10.2. The van der Waals surface area contributed by atoms with Crippen LogP contribution in [0.4, 0.5) is 5.69 Å². The van der Waals surface area contributed by atoms with E-state index in [0.29, 0.717) is 32.6 Å². The smallest absolute Gasteiger partial charge is 0.256 e. The molecule has 0 aliphatic rings. The van der Waals surface area contributed by atoms with Gasteiger partial charge in [-0.2, -0.15) is 5.10 Å². The largest absolute Gasteiger partial charge is 0.322 e. The number of anilines is 1. The molecule has 0 saturated heterocycles. The van der Waals surface area contributed by atoms with E-state index in [1.165, 1.54) is 0 Å². The molecule has 2 unspecified atom stereocenters. The summed E-state index contributed by atoms with van der Waals surface area (Å²) in [5.41, 5.74) is 3.20. The molecule has 5 rings (SSSR count). The van der Waals surface area contributed by atoms with Crippen molar-refractivity contribution in [3.63, 3.8) is 0 Å². The van der Waals surface area contributed by atoms with Crippen LogP contribution in [-0.4, -0.2) is 20.3 Å². The van der Waals surface area contributed by atoms with E-state index < -0.39 is 16.0 Å². The molecule has 2 atom stereocenters. The van der Waals surface area contributed by atoms with Crippen LogP contribution in [0, 0.1) is 0 Å². The number of nitrogens with zero attached hydrogens (tertiary/aromatic N) is 1. The van der Waals surface area contributed by atoms with Crippen LogP contribution in [0.3, 0.4) is 0 Å². The van der Waals surface area contributed by atoms with Gasteiger partial charge in [0, 0.05) is 16.8 Å². The minimum Gasteiger partial charge on any atom is -0.322 e. The van der Waals surface area contributed by atoms with Crippen molar-refractivity contribution in [3.05, 3.63) is 113 Å². The maximum absolute atomic E-state index is 13.8. The molecule has 174 valence electrons. The first-order valence-corrected chi connectivity index (χ1v) is 12.7. The molecule has 1 aromatic heterocycles. The number of nitrogens with one attached hydrogen (secondary N) is 2. The average Bonchev–Trinajstić information content (AvgIpc) is 3.29. The third-order valence-corrected chi connectivity index (χ3v) is 7.84. The first-order chi connectivity index (χ1) is 17.0. The Hall–Kier alpha value is -3.74. The van der Waals surface area contributed by atoms with E-state index in [1.807, 2.05) is 79.7 Å².